The molecule has 0 saturated heterocycles. The van der Waals surface area contributed by atoms with E-state index < -0.39 is 12.0 Å². The topological polar surface area (TPSA) is 81.8 Å². The Balaban J connectivity index is 1.99. The minimum absolute atomic E-state index is 0.290. The van der Waals surface area contributed by atoms with Crippen LogP contribution in [0.3, 0.4) is 0 Å². The summed E-state index contributed by atoms with van der Waals surface area (Å²) in [6.07, 6.45) is 0.290. The van der Waals surface area contributed by atoms with Gasteiger partial charge in [-0.25, -0.2) is 0 Å². The van der Waals surface area contributed by atoms with Gasteiger partial charge in [0.2, 0.25) is 0 Å². The lowest BCUT2D eigenvalue weighted by atomic mass is 10.1. The molecule has 0 spiro atoms. The van der Waals surface area contributed by atoms with Crippen molar-refractivity contribution in [3.63, 3.8) is 0 Å². The molecule has 0 heterocycles. The standard InChI is InChI=1S/C16H17NO4/c1-20-12-6-8-14(9-7-12)21-13-4-2-11(3-5-13)10-15(17)16(18)19/h2-9,15H,10,17H2,1H3,(H,18,19)/t15-/m0/s1. The molecule has 5 heteroatoms. The molecule has 0 amide bonds. The number of methoxy groups -OCH3 is 1. The number of rotatable bonds is 6. The molecular weight excluding hydrogens is 270 g/mol. The zero-order chi connectivity index (χ0) is 15.2. The van der Waals surface area contributed by atoms with Crippen molar-refractivity contribution in [1.82, 2.24) is 0 Å². The molecule has 0 aliphatic carbocycles. The molecule has 0 aliphatic heterocycles. The third-order valence-corrected chi connectivity index (χ3v) is 2.99. The highest BCUT2D eigenvalue weighted by Crippen LogP contribution is 2.24. The molecule has 0 fully saturated rings. The highest BCUT2D eigenvalue weighted by atomic mass is 16.5. The maximum Gasteiger partial charge on any atom is 0.320 e. The van der Waals surface area contributed by atoms with E-state index in [1.165, 1.54) is 0 Å². The molecule has 3 N–H and O–H groups in total. The molecule has 2 aromatic carbocycles. The van der Waals surface area contributed by atoms with Crippen molar-refractivity contribution in [3.8, 4) is 17.2 Å². The minimum atomic E-state index is -1.01. The average Bonchev–Trinajstić information content (AvgIpc) is 2.50. The number of aliphatic carboxylic acids is 1. The molecule has 0 radical (unpaired) electrons. The molecule has 2 rings (SSSR count). The van der Waals surface area contributed by atoms with Crippen molar-refractivity contribution in [1.29, 1.82) is 0 Å². The van der Waals surface area contributed by atoms with Gasteiger partial charge in [0.25, 0.3) is 0 Å². The van der Waals surface area contributed by atoms with Crippen LogP contribution in [0.15, 0.2) is 48.5 Å². The summed E-state index contributed by atoms with van der Waals surface area (Å²) in [7, 11) is 1.61. The van der Waals surface area contributed by atoms with E-state index in [1.54, 1.807) is 19.2 Å². The summed E-state index contributed by atoms with van der Waals surface area (Å²) in [4.78, 5) is 10.7. The van der Waals surface area contributed by atoms with Gasteiger partial charge in [-0.1, -0.05) is 12.1 Å². The van der Waals surface area contributed by atoms with Gasteiger partial charge < -0.3 is 20.3 Å². The Bertz CT molecular complexity index is 593. The second kappa shape index (κ2) is 6.76. The van der Waals surface area contributed by atoms with E-state index in [4.69, 9.17) is 20.3 Å². The largest absolute Gasteiger partial charge is 0.497 e. The van der Waals surface area contributed by atoms with Crippen LogP contribution in [-0.4, -0.2) is 24.2 Å². The number of carboxylic acid groups (broad SMARTS) is 1. The molecule has 21 heavy (non-hydrogen) atoms. The summed E-state index contributed by atoms with van der Waals surface area (Å²) >= 11 is 0. The quantitative estimate of drug-likeness (QED) is 0.852. The smallest absolute Gasteiger partial charge is 0.320 e. The summed E-state index contributed by atoms with van der Waals surface area (Å²) in [5.41, 5.74) is 6.35. The van der Waals surface area contributed by atoms with E-state index >= 15 is 0 Å². The summed E-state index contributed by atoms with van der Waals surface area (Å²) < 4.78 is 10.8. The minimum Gasteiger partial charge on any atom is -0.497 e. The second-order valence-corrected chi connectivity index (χ2v) is 4.57. The normalized spacial score (nSPS) is 11.7. The number of carboxylic acids is 1. The van der Waals surface area contributed by atoms with Gasteiger partial charge >= 0.3 is 5.97 Å². The highest BCUT2D eigenvalue weighted by Gasteiger charge is 2.11. The molecule has 2 aromatic rings. The fourth-order valence-corrected chi connectivity index (χ4v) is 1.81. The van der Waals surface area contributed by atoms with Crippen LogP contribution in [0, 0.1) is 0 Å². The Morgan fingerprint density at radius 2 is 1.52 bits per heavy atom. The molecular formula is C16H17NO4. The second-order valence-electron chi connectivity index (χ2n) is 4.57. The van der Waals surface area contributed by atoms with Crippen molar-refractivity contribution in [2.75, 3.05) is 7.11 Å². The Morgan fingerprint density at radius 3 is 2.00 bits per heavy atom. The average molecular weight is 287 g/mol. The summed E-state index contributed by atoms with van der Waals surface area (Å²) in [5.74, 6) is 1.13. The molecule has 110 valence electrons. The summed E-state index contributed by atoms with van der Waals surface area (Å²) in [6.45, 7) is 0. The number of hydrogen-bond donors (Lipinski definition) is 2. The Labute approximate surface area is 122 Å². The van der Waals surface area contributed by atoms with Gasteiger partial charge in [-0.15, -0.1) is 0 Å². The van der Waals surface area contributed by atoms with Gasteiger partial charge in [0.15, 0.2) is 0 Å². The van der Waals surface area contributed by atoms with Crippen LogP contribution < -0.4 is 15.2 Å². The van der Waals surface area contributed by atoms with Gasteiger partial charge in [0.1, 0.15) is 23.3 Å². The van der Waals surface area contributed by atoms with E-state index in [1.807, 2.05) is 36.4 Å². The van der Waals surface area contributed by atoms with Crippen molar-refractivity contribution in [2.24, 2.45) is 5.73 Å². The van der Waals surface area contributed by atoms with E-state index in [-0.39, 0.29) is 6.42 Å². The third-order valence-electron chi connectivity index (χ3n) is 2.99. The zero-order valence-corrected chi connectivity index (χ0v) is 11.7. The van der Waals surface area contributed by atoms with E-state index in [0.717, 1.165) is 11.3 Å². The van der Waals surface area contributed by atoms with Crippen LogP contribution in [0.25, 0.3) is 0 Å². The van der Waals surface area contributed by atoms with Crippen molar-refractivity contribution in [2.45, 2.75) is 12.5 Å². The predicted octanol–water partition coefficient (Wildman–Crippen LogP) is 2.44. The van der Waals surface area contributed by atoms with Crippen LogP contribution in [-0.2, 0) is 11.2 Å². The number of hydrogen-bond acceptors (Lipinski definition) is 4. The highest BCUT2D eigenvalue weighted by molar-refractivity contribution is 5.73. The summed E-state index contributed by atoms with van der Waals surface area (Å²) in [6, 6.07) is 13.6. The lowest BCUT2D eigenvalue weighted by Gasteiger charge is -2.09. The fraction of sp³-hybridized carbons (Fsp3) is 0.188. The monoisotopic (exact) mass is 287 g/mol. The first kappa shape index (κ1) is 14.9. The van der Waals surface area contributed by atoms with Crippen LogP contribution in [0.4, 0.5) is 0 Å². The van der Waals surface area contributed by atoms with Gasteiger partial charge in [-0.3, -0.25) is 4.79 Å². The maximum absolute atomic E-state index is 10.7. The molecule has 5 nitrogen and oxygen atoms in total. The SMILES string of the molecule is COc1ccc(Oc2ccc(C[C@H](N)C(=O)O)cc2)cc1. The van der Waals surface area contributed by atoms with E-state index in [9.17, 15) is 4.79 Å². The van der Waals surface area contributed by atoms with Gasteiger partial charge in [-0.2, -0.15) is 0 Å². The Kier molecular flexibility index (Phi) is 4.79. The van der Waals surface area contributed by atoms with Crippen molar-refractivity contribution in [3.05, 3.63) is 54.1 Å². The van der Waals surface area contributed by atoms with Crippen LogP contribution in [0.5, 0.6) is 17.2 Å². The van der Waals surface area contributed by atoms with Crippen molar-refractivity contribution < 1.29 is 19.4 Å². The molecule has 1 atom stereocenters. The van der Waals surface area contributed by atoms with Gasteiger partial charge in [-0.05, 0) is 48.4 Å². The number of benzene rings is 2. The molecule has 0 aromatic heterocycles. The van der Waals surface area contributed by atoms with E-state index in [2.05, 4.69) is 0 Å². The van der Waals surface area contributed by atoms with Crippen molar-refractivity contribution >= 4 is 5.97 Å². The summed E-state index contributed by atoms with van der Waals surface area (Å²) in [5, 5.41) is 8.78. The Hall–Kier alpha value is -2.53. The van der Waals surface area contributed by atoms with Crippen LogP contribution in [0.1, 0.15) is 5.56 Å². The third kappa shape index (κ3) is 4.22. The lowest BCUT2D eigenvalue weighted by molar-refractivity contribution is -0.138. The van der Waals surface area contributed by atoms with Crippen LogP contribution in [0.2, 0.25) is 0 Å². The Morgan fingerprint density at radius 1 is 1.05 bits per heavy atom. The lowest BCUT2D eigenvalue weighted by Crippen LogP contribution is -2.32. The molecule has 0 saturated carbocycles. The molecule has 0 unspecified atom stereocenters. The number of nitrogens with two attached hydrogens (primary N) is 1. The van der Waals surface area contributed by atoms with Gasteiger partial charge in [0, 0.05) is 0 Å². The first-order chi connectivity index (χ1) is 10.1. The maximum atomic E-state index is 10.7. The van der Waals surface area contributed by atoms with E-state index in [0.29, 0.717) is 11.5 Å². The number of carbonyl (C=O) groups is 1. The predicted molar refractivity (Wildman–Crippen MR) is 78.8 cm³/mol. The fourth-order valence-electron chi connectivity index (χ4n) is 1.81. The number of ether oxygens (including phenoxy) is 2. The first-order valence-electron chi connectivity index (χ1n) is 6.47. The zero-order valence-electron chi connectivity index (χ0n) is 11.7. The molecule has 0 aliphatic rings. The van der Waals surface area contributed by atoms with Crippen LogP contribution >= 0.6 is 0 Å². The first-order valence-corrected chi connectivity index (χ1v) is 6.47. The molecule has 0 bridgehead atoms. The van der Waals surface area contributed by atoms with Gasteiger partial charge in [0.05, 0.1) is 7.11 Å².